The second-order valence-electron chi connectivity index (χ2n) is 3.19. The maximum absolute atomic E-state index is 10.1. The molecule has 0 saturated heterocycles. The molecule has 0 aromatic carbocycles. The average Bonchev–Trinajstić information content (AvgIpc) is 2.01. The Morgan fingerprint density at radius 3 is 2.00 bits per heavy atom. The Bertz CT molecular complexity index is 82.9. The SMILES string of the molecule is CCCC(CCC)CCC=O. The lowest BCUT2D eigenvalue weighted by Crippen LogP contribution is -1.99. The van der Waals surface area contributed by atoms with Gasteiger partial charge in [-0.25, -0.2) is 0 Å². The third-order valence-corrected chi connectivity index (χ3v) is 2.09. The van der Waals surface area contributed by atoms with E-state index in [0.717, 1.165) is 25.0 Å². The highest BCUT2D eigenvalue weighted by Gasteiger charge is 2.04. The minimum absolute atomic E-state index is 0.755. The first kappa shape index (κ1) is 10.7. The summed E-state index contributed by atoms with van der Waals surface area (Å²) < 4.78 is 0. The molecular weight excluding hydrogens is 136 g/mol. The van der Waals surface area contributed by atoms with E-state index < -0.39 is 0 Å². The van der Waals surface area contributed by atoms with E-state index in [9.17, 15) is 4.79 Å². The lowest BCUT2D eigenvalue weighted by Gasteiger charge is -2.12. The summed E-state index contributed by atoms with van der Waals surface area (Å²) in [6.45, 7) is 4.42. The molecule has 0 aromatic heterocycles. The number of rotatable bonds is 7. The highest BCUT2D eigenvalue weighted by atomic mass is 16.1. The summed E-state index contributed by atoms with van der Waals surface area (Å²) in [5, 5.41) is 0. The van der Waals surface area contributed by atoms with Crippen LogP contribution in [0.1, 0.15) is 52.4 Å². The maximum atomic E-state index is 10.1. The summed E-state index contributed by atoms with van der Waals surface area (Å²) in [7, 11) is 0. The van der Waals surface area contributed by atoms with Gasteiger partial charge in [0, 0.05) is 6.42 Å². The van der Waals surface area contributed by atoms with E-state index in [1.165, 1.54) is 25.7 Å². The third-order valence-electron chi connectivity index (χ3n) is 2.09. The first-order valence-corrected chi connectivity index (χ1v) is 4.78. The Balaban J connectivity index is 3.41. The molecule has 0 bridgehead atoms. The topological polar surface area (TPSA) is 17.1 Å². The highest BCUT2D eigenvalue weighted by molar-refractivity contribution is 5.49. The van der Waals surface area contributed by atoms with Gasteiger partial charge in [-0.1, -0.05) is 39.5 Å². The molecule has 0 spiro atoms. The van der Waals surface area contributed by atoms with Crippen molar-refractivity contribution >= 4 is 6.29 Å². The smallest absolute Gasteiger partial charge is 0.120 e. The fourth-order valence-corrected chi connectivity index (χ4v) is 1.55. The Kier molecular flexibility index (Phi) is 7.54. The largest absolute Gasteiger partial charge is 0.303 e. The zero-order valence-electron chi connectivity index (χ0n) is 7.81. The molecule has 0 atom stereocenters. The van der Waals surface area contributed by atoms with Crippen molar-refractivity contribution in [3.05, 3.63) is 0 Å². The number of hydrogen-bond donors (Lipinski definition) is 0. The molecule has 0 N–H and O–H groups in total. The van der Waals surface area contributed by atoms with Gasteiger partial charge in [0.15, 0.2) is 0 Å². The van der Waals surface area contributed by atoms with Crippen LogP contribution < -0.4 is 0 Å². The summed E-state index contributed by atoms with van der Waals surface area (Å²) in [5.74, 6) is 0.801. The van der Waals surface area contributed by atoms with E-state index in [1.54, 1.807) is 0 Å². The van der Waals surface area contributed by atoms with Crippen molar-refractivity contribution in [3.63, 3.8) is 0 Å². The van der Waals surface area contributed by atoms with E-state index in [1.807, 2.05) is 0 Å². The molecule has 0 rings (SSSR count). The van der Waals surface area contributed by atoms with Crippen LogP contribution in [0.3, 0.4) is 0 Å². The predicted molar refractivity (Wildman–Crippen MR) is 48.6 cm³/mol. The summed E-state index contributed by atoms with van der Waals surface area (Å²) >= 11 is 0. The molecular formula is C10H20O. The van der Waals surface area contributed by atoms with Crippen molar-refractivity contribution in [2.45, 2.75) is 52.4 Å². The number of carbonyl (C=O) groups is 1. The minimum Gasteiger partial charge on any atom is -0.303 e. The van der Waals surface area contributed by atoms with Gasteiger partial charge in [-0.05, 0) is 12.3 Å². The van der Waals surface area contributed by atoms with Crippen LogP contribution in [0.2, 0.25) is 0 Å². The number of aldehydes is 1. The fraction of sp³-hybridized carbons (Fsp3) is 0.900. The molecule has 11 heavy (non-hydrogen) atoms. The van der Waals surface area contributed by atoms with E-state index in [2.05, 4.69) is 13.8 Å². The number of carbonyl (C=O) groups excluding carboxylic acids is 1. The van der Waals surface area contributed by atoms with Crippen LogP contribution >= 0.6 is 0 Å². The molecule has 0 aliphatic rings. The predicted octanol–water partition coefficient (Wildman–Crippen LogP) is 3.18. The fourth-order valence-electron chi connectivity index (χ4n) is 1.55. The summed E-state index contributed by atoms with van der Waals surface area (Å²) in [4.78, 5) is 10.1. The van der Waals surface area contributed by atoms with Gasteiger partial charge < -0.3 is 4.79 Å². The van der Waals surface area contributed by atoms with Gasteiger partial charge in [0.25, 0.3) is 0 Å². The lowest BCUT2D eigenvalue weighted by molar-refractivity contribution is -0.108. The third kappa shape index (κ3) is 6.08. The monoisotopic (exact) mass is 156 g/mol. The van der Waals surface area contributed by atoms with Gasteiger partial charge in [-0.2, -0.15) is 0 Å². The molecule has 0 unspecified atom stereocenters. The van der Waals surface area contributed by atoms with Crippen molar-refractivity contribution in [2.24, 2.45) is 5.92 Å². The summed E-state index contributed by atoms with van der Waals surface area (Å²) in [5.41, 5.74) is 0. The minimum atomic E-state index is 0.755. The summed E-state index contributed by atoms with van der Waals surface area (Å²) in [6, 6.07) is 0. The Morgan fingerprint density at radius 1 is 1.09 bits per heavy atom. The molecule has 1 nitrogen and oxygen atoms in total. The molecule has 0 saturated carbocycles. The van der Waals surface area contributed by atoms with Crippen LogP contribution in [-0.4, -0.2) is 6.29 Å². The second kappa shape index (κ2) is 7.77. The molecule has 0 amide bonds. The first-order valence-electron chi connectivity index (χ1n) is 4.78. The van der Waals surface area contributed by atoms with Gasteiger partial charge in [0.1, 0.15) is 6.29 Å². The molecule has 1 heteroatoms. The quantitative estimate of drug-likeness (QED) is 0.517. The zero-order chi connectivity index (χ0) is 8.53. The van der Waals surface area contributed by atoms with Crippen molar-refractivity contribution in [1.82, 2.24) is 0 Å². The Labute approximate surface area is 70.2 Å². The van der Waals surface area contributed by atoms with Crippen LogP contribution in [0, 0.1) is 5.92 Å². The van der Waals surface area contributed by atoms with Crippen LogP contribution in [0.4, 0.5) is 0 Å². The second-order valence-corrected chi connectivity index (χ2v) is 3.19. The highest BCUT2D eigenvalue weighted by Crippen LogP contribution is 2.18. The normalized spacial score (nSPS) is 10.5. The molecule has 0 aliphatic carbocycles. The molecule has 0 aromatic rings. The van der Waals surface area contributed by atoms with Crippen LogP contribution in [0.25, 0.3) is 0 Å². The Morgan fingerprint density at radius 2 is 1.64 bits per heavy atom. The first-order chi connectivity index (χ1) is 5.35. The standard InChI is InChI=1S/C10H20O/c1-3-6-10(7-4-2)8-5-9-11/h9-10H,3-8H2,1-2H3. The number of hydrogen-bond acceptors (Lipinski definition) is 1. The van der Waals surface area contributed by atoms with E-state index in [0.29, 0.717) is 0 Å². The van der Waals surface area contributed by atoms with Crippen molar-refractivity contribution in [1.29, 1.82) is 0 Å². The molecule has 0 aliphatic heterocycles. The van der Waals surface area contributed by atoms with Crippen molar-refractivity contribution < 1.29 is 4.79 Å². The molecule has 0 fully saturated rings. The lowest BCUT2D eigenvalue weighted by atomic mass is 9.94. The molecule has 0 heterocycles. The average molecular weight is 156 g/mol. The van der Waals surface area contributed by atoms with Crippen LogP contribution in [-0.2, 0) is 4.79 Å². The van der Waals surface area contributed by atoms with E-state index >= 15 is 0 Å². The zero-order valence-corrected chi connectivity index (χ0v) is 7.81. The van der Waals surface area contributed by atoms with Gasteiger partial charge in [-0.15, -0.1) is 0 Å². The van der Waals surface area contributed by atoms with E-state index in [4.69, 9.17) is 0 Å². The molecule has 66 valence electrons. The van der Waals surface area contributed by atoms with Crippen molar-refractivity contribution in [2.75, 3.05) is 0 Å². The van der Waals surface area contributed by atoms with Crippen molar-refractivity contribution in [3.8, 4) is 0 Å². The van der Waals surface area contributed by atoms with Crippen LogP contribution in [0.15, 0.2) is 0 Å². The van der Waals surface area contributed by atoms with Gasteiger partial charge in [0.2, 0.25) is 0 Å². The molecule has 0 radical (unpaired) electrons. The van der Waals surface area contributed by atoms with Gasteiger partial charge >= 0.3 is 0 Å². The van der Waals surface area contributed by atoms with Crippen LogP contribution in [0.5, 0.6) is 0 Å². The maximum Gasteiger partial charge on any atom is 0.120 e. The Hall–Kier alpha value is -0.330. The van der Waals surface area contributed by atoms with Gasteiger partial charge in [-0.3, -0.25) is 0 Å². The van der Waals surface area contributed by atoms with Gasteiger partial charge in [0.05, 0.1) is 0 Å². The van der Waals surface area contributed by atoms with E-state index in [-0.39, 0.29) is 0 Å². The summed E-state index contributed by atoms with van der Waals surface area (Å²) in [6.07, 6.45) is 7.99.